The summed E-state index contributed by atoms with van der Waals surface area (Å²) < 4.78 is 23.4. The molecule has 146 valence electrons. The molecule has 0 bridgehead atoms. The molecular formula is C20H32N2O2S2. The van der Waals surface area contributed by atoms with Gasteiger partial charge in [-0.25, -0.2) is 8.42 Å². The number of benzene rings is 1. The number of hydrogen-bond donors (Lipinski definition) is 2. The lowest BCUT2D eigenvalue weighted by Crippen LogP contribution is -2.64. The molecule has 0 aromatic heterocycles. The number of hydrogen-bond acceptors (Lipinski definition) is 5. The molecule has 2 N–H and O–H groups in total. The van der Waals surface area contributed by atoms with E-state index in [1.165, 1.54) is 36.8 Å². The monoisotopic (exact) mass is 396 g/mol. The van der Waals surface area contributed by atoms with Gasteiger partial charge in [-0.1, -0.05) is 26.0 Å². The van der Waals surface area contributed by atoms with Crippen LogP contribution in [0.1, 0.15) is 57.6 Å². The van der Waals surface area contributed by atoms with Crippen molar-refractivity contribution in [1.82, 2.24) is 10.6 Å². The molecule has 0 aliphatic carbocycles. The van der Waals surface area contributed by atoms with Gasteiger partial charge in [0.15, 0.2) is 9.84 Å². The summed E-state index contributed by atoms with van der Waals surface area (Å²) in [5.41, 5.74) is 1.14. The van der Waals surface area contributed by atoms with Crippen molar-refractivity contribution in [3.63, 3.8) is 0 Å². The number of thioether (sulfide) groups is 1. The summed E-state index contributed by atoms with van der Waals surface area (Å²) in [5, 5.41) is 8.52. The normalized spacial score (nSPS) is 30.0. The van der Waals surface area contributed by atoms with Gasteiger partial charge in [0.05, 0.1) is 10.6 Å². The summed E-state index contributed by atoms with van der Waals surface area (Å²) in [6, 6.07) is 7.68. The molecule has 2 aliphatic heterocycles. The van der Waals surface area contributed by atoms with Crippen LogP contribution in [0.2, 0.25) is 0 Å². The van der Waals surface area contributed by atoms with Crippen LogP contribution < -0.4 is 10.6 Å². The molecule has 3 rings (SSSR count). The number of rotatable bonds is 6. The van der Waals surface area contributed by atoms with Crippen LogP contribution in [-0.2, 0) is 9.84 Å². The van der Waals surface area contributed by atoms with Gasteiger partial charge in [0.1, 0.15) is 0 Å². The topological polar surface area (TPSA) is 58.2 Å². The zero-order valence-corrected chi connectivity index (χ0v) is 17.8. The maximum absolute atomic E-state index is 11.7. The van der Waals surface area contributed by atoms with E-state index in [9.17, 15) is 8.42 Å². The Morgan fingerprint density at radius 2 is 1.96 bits per heavy atom. The minimum atomic E-state index is -3.14. The van der Waals surface area contributed by atoms with Gasteiger partial charge >= 0.3 is 0 Å². The first kappa shape index (κ1) is 20.2. The number of piperidine rings is 1. The SMILES string of the molecule is CC(C)C1(NCC2CCCS2)CCCC(c2ccc(S(C)(=O)=O)cc2)N1. The van der Waals surface area contributed by atoms with E-state index in [0.29, 0.717) is 10.8 Å². The van der Waals surface area contributed by atoms with Crippen LogP contribution in [0.25, 0.3) is 0 Å². The Labute approximate surface area is 162 Å². The van der Waals surface area contributed by atoms with E-state index in [2.05, 4.69) is 36.2 Å². The Morgan fingerprint density at radius 3 is 2.54 bits per heavy atom. The first-order chi connectivity index (χ1) is 12.3. The lowest BCUT2D eigenvalue weighted by Gasteiger charge is -2.47. The Bertz CT molecular complexity index is 697. The van der Waals surface area contributed by atoms with Crippen molar-refractivity contribution in [1.29, 1.82) is 0 Å². The predicted molar refractivity (Wildman–Crippen MR) is 110 cm³/mol. The molecule has 4 nitrogen and oxygen atoms in total. The molecule has 0 saturated carbocycles. The van der Waals surface area contributed by atoms with Crippen LogP contribution in [0.15, 0.2) is 29.2 Å². The molecule has 2 heterocycles. The fourth-order valence-electron chi connectivity index (χ4n) is 4.14. The summed E-state index contributed by atoms with van der Waals surface area (Å²) >= 11 is 2.10. The van der Waals surface area contributed by atoms with Gasteiger partial charge in [-0.15, -0.1) is 0 Å². The zero-order chi connectivity index (χ0) is 18.8. The molecule has 1 aromatic carbocycles. The van der Waals surface area contributed by atoms with E-state index < -0.39 is 9.84 Å². The Hall–Kier alpha value is -0.560. The maximum Gasteiger partial charge on any atom is 0.175 e. The van der Waals surface area contributed by atoms with E-state index in [4.69, 9.17) is 0 Å². The van der Waals surface area contributed by atoms with E-state index in [0.717, 1.165) is 24.6 Å². The van der Waals surface area contributed by atoms with Crippen molar-refractivity contribution in [2.24, 2.45) is 5.92 Å². The summed E-state index contributed by atoms with van der Waals surface area (Å²) in [6.45, 7) is 5.64. The first-order valence-corrected chi connectivity index (χ1v) is 12.7. The molecular weight excluding hydrogens is 364 g/mol. The van der Waals surface area contributed by atoms with Crippen molar-refractivity contribution in [2.45, 2.75) is 67.8 Å². The van der Waals surface area contributed by atoms with Gasteiger partial charge in [-0.3, -0.25) is 10.6 Å². The van der Waals surface area contributed by atoms with Gasteiger partial charge in [0.2, 0.25) is 0 Å². The summed E-state index contributed by atoms with van der Waals surface area (Å²) in [5.74, 6) is 1.79. The summed E-state index contributed by atoms with van der Waals surface area (Å²) in [6.07, 6.45) is 7.33. The molecule has 3 unspecified atom stereocenters. The average Bonchev–Trinajstić information content (AvgIpc) is 3.13. The van der Waals surface area contributed by atoms with E-state index in [-0.39, 0.29) is 11.7 Å². The molecule has 6 heteroatoms. The highest BCUT2D eigenvalue weighted by molar-refractivity contribution is 8.00. The minimum Gasteiger partial charge on any atom is -0.298 e. The van der Waals surface area contributed by atoms with E-state index in [1.54, 1.807) is 12.1 Å². The molecule has 2 saturated heterocycles. The minimum absolute atomic E-state index is 0.0401. The Balaban J connectivity index is 1.72. The smallest absolute Gasteiger partial charge is 0.175 e. The van der Waals surface area contributed by atoms with Crippen molar-refractivity contribution in [3.8, 4) is 0 Å². The van der Waals surface area contributed by atoms with Crippen LogP contribution in [-0.4, -0.2) is 37.9 Å². The van der Waals surface area contributed by atoms with Crippen molar-refractivity contribution in [2.75, 3.05) is 18.6 Å². The number of sulfone groups is 1. The van der Waals surface area contributed by atoms with Crippen LogP contribution in [0.3, 0.4) is 0 Å². The van der Waals surface area contributed by atoms with Crippen LogP contribution in [0.4, 0.5) is 0 Å². The zero-order valence-electron chi connectivity index (χ0n) is 16.1. The molecule has 2 fully saturated rings. The molecule has 1 aromatic rings. The molecule has 0 amide bonds. The van der Waals surface area contributed by atoms with E-state index >= 15 is 0 Å². The van der Waals surface area contributed by atoms with Gasteiger partial charge in [0.25, 0.3) is 0 Å². The molecule has 3 atom stereocenters. The third-order valence-electron chi connectivity index (χ3n) is 5.86. The highest BCUT2D eigenvalue weighted by Crippen LogP contribution is 2.35. The quantitative estimate of drug-likeness (QED) is 0.767. The third-order valence-corrected chi connectivity index (χ3v) is 8.39. The second kappa shape index (κ2) is 8.21. The van der Waals surface area contributed by atoms with Crippen molar-refractivity contribution in [3.05, 3.63) is 29.8 Å². The highest BCUT2D eigenvalue weighted by Gasteiger charge is 2.39. The van der Waals surface area contributed by atoms with Gasteiger partial charge in [-0.05, 0) is 61.5 Å². The second-order valence-corrected chi connectivity index (χ2v) is 11.5. The first-order valence-electron chi connectivity index (χ1n) is 9.74. The second-order valence-electron chi connectivity index (χ2n) is 8.07. The molecule has 26 heavy (non-hydrogen) atoms. The lowest BCUT2D eigenvalue weighted by atomic mass is 9.82. The molecule has 2 aliphatic rings. The predicted octanol–water partition coefficient (Wildman–Crippen LogP) is 3.74. The fourth-order valence-corrected chi connectivity index (χ4v) is 5.97. The maximum atomic E-state index is 11.7. The van der Waals surface area contributed by atoms with Gasteiger partial charge in [-0.2, -0.15) is 11.8 Å². The van der Waals surface area contributed by atoms with Crippen LogP contribution >= 0.6 is 11.8 Å². The largest absolute Gasteiger partial charge is 0.298 e. The van der Waals surface area contributed by atoms with Crippen LogP contribution in [0.5, 0.6) is 0 Å². The summed E-state index contributed by atoms with van der Waals surface area (Å²) in [7, 11) is -3.14. The fraction of sp³-hybridized carbons (Fsp3) is 0.700. The van der Waals surface area contributed by atoms with Crippen molar-refractivity contribution < 1.29 is 8.42 Å². The summed E-state index contributed by atoms with van der Waals surface area (Å²) in [4.78, 5) is 0.392. The van der Waals surface area contributed by atoms with Crippen molar-refractivity contribution >= 4 is 21.6 Å². The average molecular weight is 397 g/mol. The van der Waals surface area contributed by atoms with Gasteiger partial charge in [0, 0.05) is 24.1 Å². The highest BCUT2D eigenvalue weighted by atomic mass is 32.2. The molecule has 0 radical (unpaired) electrons. The standard InChI is InChI=1S/C20H32N2O2S2/c1-15(2)20(21-14-17-6-5-13-25-17)12-4-7-19(22-20)16-8-10-18(11-9-16)26(3,23)24/h8-11,15,17,19,21-22H,4-7,12-14H2,1-3H3. The van der Waals surface area contributed by atoms with Crippen LogP contribution in [0, 0.1) is 5.92 Å². The molecule has 0 spiro atoms. The third kappa shape index (κ3) is 4.64. The number of nitrogens with one attached hydrogen (secondary N) is 2. The van der Waals surface area contributed by atoms with E-state index in [1.807, 2.05) is 12.1 Å². The van der Waals surface area contributed by atoms with Gasteiger partial charge < -0.3 is 0 Å². The Kier molecular flexibility index (Phi) is 6.37. The lowest BCUT2D eigenvalue weighted by molar-refractivity contribution is 0.108. The Morgan fingerprint density at radius 1 is 1.23 bits per heavy atom.